The molecular formula is C14H13N5OS. The first kappa shape index (κ1) is 13.4. The zero-order valence-electron chi connectivity index (χ0n) is 11.4. The molecule has 6 nitrogen and oxygen atoms in total. The lowest BCUT2D eigenvalue weighted by molar-refractivity contribution is -0.605. The Hall–Kier alpha value is -2.54. The van der Waals surface area contributed by atoms with Gasteiger partial charge in [-0.05, 0) is 17.8 Å². The molecule has 1 aromatic carbocycles. The van der Waals surface area contributed by atoms with Crippen LogP contribution in [-0.4, -0.2) is 19.3 Å². The number of aryl methyl sites for hydroxylation is 1. The van der Waals surface area contributed by atoms with Gasteiger partial charge in [0.15, 0.2) is 22.5 Å². The van der Waals surface area contributed by atoms with Crippen molar-refractivity contribution in [1.29, 1.82) is 0 Å². The molecule has 0 fully saturated rings. The Balaban J connectivity index is 2.10. The van der Waals surface area contributed by atoms with E-state index in [9.17, 15) is 5.21 Å². The third-order valence-electron chi connectivity index (χ3n) is 3.10. The molecule has 0 aliphatic rings. The van der Waals surface area contributed by atoms with Crippen molar-refractivity contribution in [2.24, 2.45) is 7.05 Å². The van der Waals surface area contributed by atoms with Gasteiger partial charge in [-0.2, -0.15) is 4.73 Å². The SMILES string of the molecule is Cn1nc(-c2c[n+]([O-])ccn2)n(Cc2ccccc2)c1=S. The molecule has 0 bridgehead atoms. The van der Waals surface area contributed by atoms with Gasteiger partial charge in [0.05, 0.1) is 12.7 Å². The number of nitrogens with zero attached hydrogens (tertiary/aromatic N) is 5. The van der Waals surface area contributed by atoms with Gasteiger partial charge in [-0.3, -0.25) is 4.57 Å². The highest BCUT2D eigenvalue weighted by atomic mass is 32.1. The van der Waals surface area contributed by atoms with E-state index in [1.54, 1.807) is 11.7 Å². The third kappa shape index (κ3) is 2.68. The van der Waals surface area contributed by atoms with Crippen molar-refractivity contribution in [3.8, 4) is 11.5 Å². The molecule has 7 heteroatoms. The number of aromatic nitrogens is 5. The minimum absolute atomic E-state index is 0.495. The van der Waals surface area contributed by atoms with Gasteiger partial charge in [0.1, 0.15) is 0 Å². The van der Waals surface area contributed by atoms with Gasteiger partial charge in [-0.1, -0.05) is 30.3 Å². The molecule has 0 N–H and O–H groups in total. The summed E-state index contributed by atoms with van der Waals surface area (Å²) in [5, 5.41) is 15.8. The zero-order chi connectivity index (χ0) is 14.8. The van der Waals surface area contributed by atoms with E-state index < -0.39 is 0 Å². The molecule has 0 saturated heterocycles. The van der Waals surface area contributed by atoms with E-state index in [4.69, 9.17) is 12.2 Å². The van der Waals surface area contributed by atoms with Crippen LogP contribution in [0.25, 0.3) is 11.5 Å². The maximum Gasteiger partial charge on any atom is 0.210 e. The van der Waals surface area contributed by atoms with Crippen molar-refractivity contribution in [2.75, 3.05) is 0 Å². The first-order valence-electron chi connectivity index (χ1n) is 6.38. The molecule has 0 unspecified atom stereocenters. The number of rotatable bonds is 3. The van der Waals surface area contributed by atoms with Gasteiger partial charge >= 0.3 is 0 Å². The van der Waals surface area contributed by atoms with E-state index in [0.717, 1.165) is 5.56 Å². The molecule has 0 radical (unpaired) electrons. The molecule has 106 valence electrons. The molecule has 0 spiro atoms. The topological polar surface area (TPSA) is 62.6 Å². The summed E-state index contributed by atoms with van der Waals surface area (Å²) < 4.78 is 4.76. The molecule has 0 aliphatic heterocycles. The van der Waals surface area contributed by atoms with Gasteiger partial charge in [0, 0.05) is 7.05 Å². The van der Waals surface area contributed by atoms with Crippen LogP contribution in [0, 0.1) is 9.98 Å². The lowest BCUT2D eigenvalue weighted by atomic mass is 10.2. The molecular weight excluding hydrogens is 286 g/mol. The van der Waals surface area contributed by atoms with Crippen molar-refractivity contribution >= 4 is 12.2 Å². The average Bonchev–Trinajstić information content (AvgIpc) is 2.77. The first-order chi connectivity index (χ1) is 10.1. The minimum Gasteiger partial charge on any atom is -0.619 e. The van der Waals surface area contributed by atoms with Crippen LogP contribution in [0.4, 0.5) is 0 Å². The van der Waals surface area contributed by atoms with Crippen molar-refractivity contribution in [2.45, 2.75) is 6.54 Å². The largest absolute Gasteiger partial charge is 0.619 e. The van der Waals surface area contributed by atoms with Gasteiger partial charge in [0.25, 0.3) is 0 Å². The summed E-state index contributed by atoms with van der Waals surface area (Å²) in [5.41, 5.74) is 1.60. The van der Waals surface area contributed by atoms with Crippen molar-refractivity contribution in [3.05, 3.63) is 64.5 Å². The van der Waals surface area contributed by atoms with Crippen LogP contribution in [-0.2, 0) is 13.6 Å². The molecule has 0 saturated carbocycles. The standard InChI is InChI=1S/C14H13N5OS/c1-17-14(21)19(9-11-5-3-2-4-6-11)13(16-17)12-10-18(20)8-7-15-12/h2-8,10H,9H2,1H3. The third-order valence-corrected chi connectivity index (χ3v) is 3.58. The second-order valence-electron chi connectivity index (χ2n) is 4.60. The first-order valence-corrected chi connectivity index (χ1v) is 6.79. The van der Waals surface area contributed by atoms with Gasteiger partial charge in [-0.15, -0.1) is 5.10 Å². The van der Waals surface area contributed by atoms with Crippen molar-refractivity contribution < 1.29 is 4.73 Å². The van der Waals surface area contributed by atoms with E-state index in [1.165, 1.54) is 18.6 Å². The van der Waals surface area contributed by atoms with Crippen LogP contribution >= 0.6 is 12.2 Å². The summed E-state index contributed by atoms with van der Waals surface area (Å²) in [4.78, 5) is 4.20. The minimum atomic E-state index is 0.495. The highest BCUT2D eigenvalue weighted by molar-refractivity contribution is 7.71. The molecule has 21 heavy (non-hydrogen) atoms. The van der Waals surface area contributed by atoms with E-state index >= 15 is 0 Å². The maximum atomic E-state index is 11.4. The average molecular weight is 299 g/mol. The molecule has 3 rings (SSSR count). The van der Waals surface area contributed by atoms with Crippen molar-refractivity contribution in [3.63, 3.8) is 0 Å². The fourth-order valence-electron chi connectivity index (χ4n) is 2.09. The summed E-state index contributed by atoms with van der Waals surface area (Å²) in [6.45, 7) is 0.582. The van der Waals surface area contributed by atoms with Crippen LogP contribution in [0.5, 0.6) is 0 Å². The summed E-state index contributed by atoms with van der Waals surface area (Å²) >= 11 is 5.40. The van der Waals surface area contributed by atoms with Crippen LogP contribution < -0.4 is 4.73 Å². The lowest BCUT2D eigenvalue weighted by Crippen LogP contribution is -2.25. The Morgan fingerprint density at radius 3 is 2.76 bits per heavy atom. The van der Waals surface area contributed by atoms with Gasteiger partial charge in [0.2, 0.25) is 6.20 Å². The molecule has 2 heterocycles. The summed E-state index contributed by atoms with van der Waals surface area (Å²) in [6, 6.07) is 9.95. The van der Waals surface area contributed by atoms with E-state index in [2.05, 4.69) is 10.1 Å². The Morgan fingerprint density at radius 2 is 2.05 bits per heavy atom. The number of benzene rings is 1. The van der Waals surface area contributed by atoms with E-state index in [0.29, 0.717) is 27.6 Å². The van der Waals surface area contributed by atoms with E-state index in [1.807, 2.05) is 34.9 Å². The zero-order valence-corrected chi connectivity index (χ0v) is 12.2. The predicted molar refractivity (Wildman–Crippen MR) is 79.8 cm³/mol. The fraction of sp³-hybridized carbons (Fsp3) is 0.143. The Kier molecular flexibility index (Phi) is 3.49. The Morgan fingerprint density at radius 1 is 1.29 bits per heavy atom. The second kappa shape index (κ2) is 5.45. The molecule has 0 amide bonds. The summed E-state index contributed by atoms with van der Waals surface area (Å²) in [6.07, 6.45) is 4.17. The van der Waals surface area contributed by atoms with Gasteiger partial charge < -0.3 is 5.21 Å². The highest BCUT2D eigenvalue weighted by Crippen LogP contribution is 2.15. The van der Waals surface area contributed by atoms with E-state index in [-0.39, 0.29) is 0 Å². The second-order valence-corrected chi connectivity index (χ2v) is 4.97. The molecule has 2 aromatic heterocycles. The Bertz CT molecular complexity index is 825. The highest BCUT2D eigenvalue weighted by Gasteiger charge is 2.15. The van der Waals surface area contributed by atoms with Crippen molar-refractivity contribution in [1.82, 2.24) is 19.3 Å². The fourth-order valence-corrected chi connectivity index (χ4v) is 2.29. The number of hydrogen-bond donors (Lipinski definition) is 0. The molecule has 0 atom stereocenters. The lowest BCUT2D eigenvalue weighted by Gasteiger charge is -2.06. The van der Waals surface area contributed by atoms with Gasteiger partial charge in [-0.25, -0.2) is 9.67 Å². The molecule has 3 aromatic rings. The van der Waals surface area contributed by atoms with Crippen LogP contribution in [0.2, 0.25) is 0 Å². The Labute approximate surface area is 126 Å². The smallest absolute Gasteiger partial charge is 0.210 e. The normalized spacial score (nSPS) is 10.7. The van der Waals surface area contributed by atoms with Crippen LogP contribution in [0.3, 0.4) is 0 Å². The number of hydrogen-bond acceptors (Lipinski definition) is 4. The summed E-state index contributed by atoms with van der Waals surface area (Å²) in [5.74, 6) is 0.580. The quantitative estimate of drug-likeness (QED) is 0.419. The molecule has 0 aliphatic carbocycles. The summed E-state index contributed by atoms with van der Waals surface area (Å²) in [7, 11) is 1.78. The maximum absolute atomic E-state index is 11.4. The predicted octanol–water partition coefficient (Wildman–Crippen LogP) is 1.69. The monoisotopic (exact) mass is 299 g/mol. The van der Waals surface area contributed by atoms with Crippen LogP contribution in [0.1, 0.15) is 5.56 Å². The van der Waals surface area contributed by atoms with Crippen LogP contribution in [0.15, 0.2) is 48.9 Å².